The molecule has 1 aliphatic carbocycles. The molecule has 4 nitrogen and oxygen atoms in total. The van der Waals surface area contributed by atoms with Gasteiger partial charge in [-0.3, -0.25) is 4.79 Å². The van der Waals surface area contributed by atoms with Gasteiger partial charge in [0.1, 0.15) is 12.0 Å². The number of carbonyl (C=O) groups excluding carboxylic acids is 1. The fraction of sp³-hybridized carbons (Fsp3) is 0.643. The molecular weight excluding hydrogens is 264 g/mol. The van der Waals surface area contributed by atoms with Crippen LogP contribution in [0.3, 0.4) is 0 Å². The van der Waals surface area contributed by atoms with E-state index in [4.69, 9.17) is 10.2 Å². The maximum Gasteiger partial charge on any atom is 0.257 e. The summed E-state index contributed by atoms with van der Waals surface area (Å²) in [5, 5.41) is 0. The standard InChI is InChI=1S/C14H22N2O2.ClH/c1-10-4-3-5-12(6-10)16(2)14(17)11-7-13(8-15)18-9-11;/h7,9-10,12H,3-6,8,15H2,1-2H3;1H. The summed E-state index contributed by atoms with van der Waals surface area (Å²) in [4.78, 5) is 14.2. The first-order valence-electron chi connectivity index (χ1n) is 6.66. The number of hydrogen-bond donors (Lipinski definition) is 1. The normalized spacial score (nSPS) is 22.7. The first kappa shape index (κ1) is 16.1. The van der Waals surface area contributed by atoms with Crippen molar-refractivity contribution in [3.63, 3.8) is 0 Å². The van der Waals surface area contributed by atoms with E-state index < -0.39 is 0 Å². The van der Waals surface area contributed by atoms with Crippen LogP contribution in [0.2, 0.25) is 0 Å². The van der Waals surface area contributed by atoms with Crippen LogP contribution in [0.1, 0.15) is 48.7 Å². The van der Waals surface area contributed by atoms with Gasteiger partial charge >= 0.3 is 0 Å². The summed E-state index contributed by atoms with van der Waals surface area (Å²) in [6.07, 6.45) is 6.20. The van der Waals surface area contributed by atoms with Gasteiger partial charge in [-0.15, -0.1) is 12.4 Å². The van der Waals surface area contributed by atoms with Gasteiger partial charge in [-0.25, -0.2) is 0 Å². The summed E-state index contributed by atoms with van der Waals surface area (Å²) in [6, 6.07) is 2.10. The zero-order valence-electron chi connectivity index (χ0n) is 11.6. The van der Waals surface area contributed by atoms with E-state index in [2.05, 4.69) is 6.92 Å². The van der Waals surface area contributed by atoms with Crippen molar-refractivity contribution in [3.8, 4) is 0 Å². The predicted molar refractivity (Wildman–Crippen MR) is 77.4 cm³/mol. The minimum absolute atomic E-state index is 0. The highest BCUT2D eigenvalue weighted by Crippen LogP contribution is 2.27. The molecular formula is C14H23ClN2O2. The Morgan fingerprint density at radius 1 is 1.53 bits per heavy atom. The van der Waals surface area contributed by atoms with Crippen LogP contribution in [0.4, 0.5) is 0 Å². The Balaban J connectivity index is 0.00000180. The second kappa shape index (κ2) is 6.96. The number of rotatable bonds is 3. The third kappa shape index (κ3) is 3.74. The van der Waals surface area contributed by atoms with Crippen LogP contribution in [0.5, 0.6) is 0 Å². The van der Waals surface area contributed by atoms with Crippen molar-refractivity contribution in [2.24, 2.45) is 11.7 Å². The molecule has 0 aromatic carbocycles. The molecule has 1 fully saturated rings. The van der Waals surface area contributed by atoms with Crippen LogP contribution >= 0.6 is 12.4 Å². The van der Waals surface area contributed by atoms with Crippen LogP contribution in [0.25, 0.3) is 0 Å². The Morgan fingerprint density at radius 2 is 2.26 bits per heavy atom. The lowest BCUT2D eigenvalue weighted by molar-refractivity contribution is 0.0671. The minimum Gasteiger partial charge on any atom is -0.467 e. The first-order chi connectivity index (χ1) is 8.61. The van der Waals surface area contributed by atoms with Crippen LogP contribution < -0.4 is 5.73 Å². The van der Waals surface area contributed by atoms with Gasteiger partial charge in [-0.05, 0) is 24.8 Å². The molecule has 1 aromatic heterocycles. The molecule has 19 heavy (non-hydrogen) atoms. The van der Waals surface area contributed by atoms with Gasteiger partial charge in [0.2, 0.25) is 0 Å². The number of carbonyl (C=O) groups is 1. The molecule has 0 saturated heterocycles. The molecule has 1 aromatic rings. The van der Waals surface area contributed by atoms with E-state index in [0.717, 1.165) is 12.8 Å². The number of amides is 1. The van der Waals surface area contributed by atoms with Crippen LogP contribution in [0.15, 0.2) is 16.7 Å². The molecule has 2 atom stereocenters. The van der Waals surface area contributed by atoms with E-state index in [1.165, 1.54) is 19.1 Å². The van der Waals surface area contributed by atoms with Crippen molar-refractivity contribution in [1.29, 1.82) is 0 Å². The lowest BCUT2D eigenvalue weighted by Crippen LogP contribution is -2.39. The Hall–Kier alpha value is -1.00. The van der Waals surface area contributed by atoms with Crippen molar-refractivity contribution in [3.05, 3.63) is 23.7 Å². The zero-order chi connectivity index (χ0) is 13.1. The van der Waals surface area contributed by atoms with Crippen molar-refractivity contribution < 1.29 is 9.21 Å². The fourth-order valence-corrected chi connectivity index (χ4v) is 2.72. The maximum atomic E-state index is 12.3. The molecule has 2 unspecified atom stereocenters. The SMILES string of the molecule is CC1CCCC(N(C)C(=O)c2coc(CN)c2)C1.Cl. The molecule has 0 aliphatic heterocycles. The van der Waals surface area contributed by atoms with Gasteiger partial charge in [-0.1, -0.05) is 19.8 Å². The summed E-state index contributed by atoms with van der Waals surface area (Å²) in [5.74, 6) is 1.41. The summed E-state index contributed by atoms with van der Waals surface area (Å²) in [5.41, 5.74) is 6.09. The molecule has 0 spiro atoms. The summed E-state index contributed by atoms with van der Waals surface area (Å²) < 4.78 is 5.22. The number of halogens is 1. The Kier molecular flexibility index (Phi) is 5.88. The van der Waals surface area contributed by atoms with Gasteiger partial charge in [0.15, 0.2) is 0 Å². The van der Waals surface area contributed by atoms with Crippen LogP contribution in [0, 0.1) is 5.92 Å². The van der Waals surface area contributed by atoms with E-state index in [1.54, 1.807) is 6.07 Å². The largest absolute Gasteiger partial charge is 0.467 e. The van der Waals surface area contributed by atoms with Crippen LogP contribution in [-0.2, 0) is 6.54 Å². The molecule has 1 heterocycles. The summed E-state index contributed by atoms with van der Waals surface area (Å²) >= 11 is 0. The summed E-state index contributed by atoms with van der Waals surface area (Å²) in [6.45, 7) is 2.59. The quantitative estimate of drug-likeness (QED) is 0.929. The highest BCUT2D eigenvalue weighted by molar-refractivity contribution is 5.94. The maximum absolute atomic E-state index is 12.3. The number of hydrogen-bond acceptors (Lipinski definition) is 3. The highest BCUT2D eigenvalue weighted by Gasteiger charge is 2.26. The van der Waals surface area contributed by atoms with Crippen molar-refractivity contribution in [2.45, 2.75) is 45.2 Å². The minimum atomic E-state index is 0. The zero-order valence-corrected chi connectivity index (χ0v) is 12.4. The van der Waals surface area contributed by atoms with Crippen molar-refractivity contribution in [2.75, 3.05) is 7.05 Å². The predicted octanol–water partition coefficient (Wildman–Crippen LogP) is 2.81. The first-order valence-corrected chi connectivity index (χ1v) is 6.66. The van der Waals surface area contributed by atoms with E-state index in [-0.39, 0.29) is 18.3 Å². The molecule has 108 valence electrons. The molecule has 1 saturated carbocycles. The second-order valence-electron chi connectivity index (χ2n) is 5.35. The van der Waals surface area contributed by atoms with Gasteiger partial charge in [0.05, 0.1) is 12.1 Å². The van der Waals surface area contributed by atoms with Gasteiger partial charge in [0.25, 0.3) is 5.91 Å². The lowest BCUT2D eigenvalue weighted by atomic mass is 9.86. The van der Waals surface area contributed by atoms with Gasteiger partial charge in [0, 0.05) is 13.1 Å². The molecule has 2 N–H and O–H groups in total. The van der Waals surface area contributed by atoms with Crippen molar-refractivity contribution in [1.82, 2.24) is 4.90 Å². The Morgan fingerprint density at radius 3 is 2.84 bits per heavy atom. The van der Waals surface area contributed by atoms with E-state index in [9.17, 15) is 4.79 Å². The number of furan rings is 1. The summed E-state index contributed by atoms with van der Waals surface area (Å²) in [7, 11) is 1.89. The fourth-order valence-electron chi connectivity index (χ4n) is 2.72. The van der Waals surface area contributed by atoms with Crippen molar-refractivity contribution >= 4 is 18.3 Å². The average molecular weight is 287 g/mol. The smallest absolute Gasteiger partial charge is 0.257 e. The van der Waals surface area contributed by atoms with Gasteiger partial charge in [-0.2, -0.15) is 0 Å². The number of nitrogens with two attached hydrogens (primary N) is 1. The second-order valence-corrected chi connectivity index (χ2v) is 5.35. The monoisotopic (exact) mass is 286 g/mol. The molecule has 0 radical (unpaired) electrons. The molecule has 1 aliphatic rings. The molecule has 2 rings (SSSR count). The third-order valence-corrected chi connectivity index (χ3v) is 3.88. The number of nitrogens with zero attached hydrogens (tertiary/aromatic N) is 1. The van der Waals surface area contributed by atoms with E-state index in [0.29, 0.717) is 29.8 Å². The third-order valence-electron chi connectivity index (χ3n) is 3.88. The highest BCUT2D eigenvalue weighted by atomic mass is 35.5. The van der Waals surface area contributed by atoms with Crippen LogP contribution in [-0.4, -0.2) is 23.9 Å². The average Bonchev–Trinajstić information content (AvgIpc) is 2.85. The van der Waals surface area contributed by atoms with Gasteiger partial charge < -0.3 is 15.1 Å². The molecule has 1 amide bonds. The Bertz CT molecular complexity index is 419. The molecule has 5 heteroatoms. The van der Waals surface area contributed by atoms with E-state index >= 15 is 0 Å². The topological polar surface area (TPSA) is 59.5 Å². The lowest BCUT2D eigenvalue weighted by Gasteiger charge is -2.33. The van der Waals surface area contributed by atoms with E-state index in [1.807, 2.05) is 11.9 Å². The molecule has 0 bridgehead atoms. The Labute approximate surface area is 120 Å².